The first kappa shape index (κ1) is 14.0. The van der Waals surface area contributed by atoms with Crippen LogP contribution < -0.4 is 11.2 Å². The summed E-state index contributed by atoms with van der Waals surface area (Å²) in [5, 5.41) is 1.32. The molecule has 100 valence electrons. The van der Waals surface area contributed by atoms with E-state index in [1.807, 2.05) is 24.3 Å². The van der Waals surface area contributed by atoms with Crippen molar-refractivity contribution in [1.29, 1.82) is 0 Å². The molecule has 2 aromatic rings. The molecule has 0 atom stereocenters. The lowest BCUT2D eigenvalue weighted by Gasteiger charge is -2.08. The van der Waals surface area contributed by atoms with Crippen LogP contribution in [0.2, 0.25) is 5.02 Å². The Bertz CT molecular complexity index is 721. The van der Waals surface area contributed by atoms with E-state index < -0.39 is 0 Å². The van der Waals surface area contributed by atoms with Gasteiger partial charge in [-0.25, -0.2) is 4.79 Å². The molecule has 0 unspecified atom stereocenters. The predicted molar refractivity (Wildman–Crippen MR) is 77.9 cm³/mol. The number of aromatic nitrogens is 2. The molecular weight excluding hydrogens is 284 g/mol. The van der Waals surface area contributed by atoms with E-state index in [0.717, 1.165) is 10.1 Å². The minimum Gasteiger partial charge on any atom is -0.291 e. The predicted octanol–water partition coefficient (Wildman–Crippen LogP) is 2.03. The lowest BCUT2D eigenvalue weighted by molar-refractivity contribution is 0.636. The van der Waals surface area contributed by atoms with Gasteiger partial charge in [0.1, 0.15) is 0 Å². The maximum Gasteiger partial charge on any atom is 0.331 e. The first-order valence-corrected chi connectivity index (χ1v) is 6.99. The van der Waals surface area contributed by atoms with Crippen molar-refractivity contribution in [2.75, 3.05) is 0 Å². The van der Waals surface area contributed by atoms with Gasteiger partial charge in [0.05, 0.1) is 5.03 Å². The third kappa shape index (κ3) is 3.11. The van der Waals surface area contributed by atoms with Crippen molar-refractivity contribution in [2.45, 2.75) is 10.8 Å². The number of nitrogens with zero attached hydrogens (tertiary/aromatic N) is 2. The lowest BCUT2D eigenvalue weighted by atomic mass is 10.2. The number of hydrogen-bond donors (Lipinski definition) is 0. The summed E-state index contributed by atoms with van der Waals surface area (Å²) in [4.78, 5) is 23.4. The Kier molecular flexibility index (Phi) is 4.17. The summed E-state index contributed by atoms with van der Waals surface area (Å²) in [6.07, 6.45) is 0. The highest BCUT2D eigenvalue weighted by Gasteiger charge is 2.06. The van der Waals surface area contributed by atoms with Crippen LogP contribution in [0.1, 0.15) is 5.56 Å². The third-order valence-electron chi connectivity index (χ3n) is 2.76. The van der Waals surface area contributed by atoms with E-state index in [1.54, 1.807) is 7.05 Å². The summed E-state index contributed by atoms with van der Waals surface area (Å²) in [7, 11) is 3.12. The molecule has 0 radical (unpaired) electrons. The fraction of sp³-hybridized carbons (Fsp3) is 0.231. The van der Waals surface area contributed by atoms with E-state index in [-0.39, 0.29) is 11.2 Å². The Morgan fingerprint density at radius 2 is 1.89 bits per heavy atom. The molecule has 1 aromatic carbocycles. The number of halogens is 1. The second kappa shape index (κ2) is 5.67. The van der Waals surface area contributed by atoms with Crippen LogP contribution in [0.15, 0.2) is 44.9 Å². The van der Waals surface area contributed by atoms with Gasteiger partial charge in [-0.05, 0) is 17.7 Å². The van der Waals surface area contributed by atoms with Crippen LogP contribution in [-0.4, -0.2) is 9.13 Å². The fourth-order valence-electron chi connectivity index (χ4n) is 1.64. The first-order valence-electron chi connectivity index (χ1n) is 5.63. The molecule has 0 aliphatic rings. The van der Waals surface area contributed by atoms with E-state index in [4.69, 9.17) is 11.6 Å². The smallest absolute Gasteiger partial charge is 0.291 e. The van der Waals surface area contributed by atoms with Gasteiger partial charge in [-0.2, -0.15) is 0 Å². The standard InChI is InChI=1S/C13H13ClN2O2S/c1-15-11(17)7-12(16(2)13(15)18)19-8-9-4-3-5-10(14)6-9/h3-7H,8H2,1-2H3. The van der Waals surface area contributed by atoms with E-state index in [0.29, 0.717) is 15.8 Å². The molecule has 2 rings (SSSR count). The molecular formula is C13H13ClN2O2S. The number of thioether (sulfide) groups is 1. The van der Waals surface area contributed by atoms with Gasteiger partial charge in [0.25, 0.3) is 5.56 Å². The quantitative estimate of drug-likeness (QED) is 0.643. The summed E-state index contributed by atoms with van der Waals surface area (Å²) in [5.41, 5.74) is 0.434. The Hall–Kier alpha value is -1.46. The zero-order valence-corrected chi connectivity index (χ0v) is 12.2. The Morgan fingerprint density at radius 3 is 2.58 bits per heavy atom. The molecule has 0 spiro atoms. The normalized spacial score (nSPS) is 10.7. The summed E-state index contributed by atoms with van der Waals surface area (Å²) in [6, 6.07) is 8.98. The highest BCUT2D eigenvalue weighted by atomic mass is 35.5. The molecule has 0 N–H and O–H groups in total. The zero-order valence-electron chi connectivity index (χ0n) is 10.6. The Labute approximate surface area is 119 Å². The van der Waals surface area contributed by atoms with Crippen molar-refractivity contribution in [3.63, 3.8) is 0 Å². The van der Waals surface area contributed by atoms with Crippen LogP contribution in [0, 0.1) is 0 Å². The van der Waals surface area contributed by atoms with E-state index in [1.165, 1.54) is 29.4 Å². The molecule has 19 heavy (non-hydrogen) atoms. The minimum absolute atomic E-state index is 0.295. The van der Waals surface area contributed by atoms with Crippen LogP contribution >= 0.6 is 23.4 Å². The summed E-state index contributed by atoms with van der Waals surface area (Å²) in [5.74, 6) is 0.654. The van der Waals surface area contributed by atoms with Gasteiger partial charge < -0.3 is 0 Å². The van der Waals surface area contributed by atoms with Crippen LogP contribution in [0.3, 0.4) is 0 Å². The van der Waals surface area contributed by atoms with Crippen molar-refractivity contribution in [2.24, 2.45) is 14.1 Å². The highest BCUT2D eigenvalue weighted by Crippen LogP contribution is 2.21. The average Bonchev–Trinajstić information content (AvgIpc) is 2.39. The Morgan fingerprint density at radius 1 is 1.16 bits per heavy atom. The molecule has 0 saturated carbocycles. The monoisotopic (exact) mass is 296 g/mol. The lowest BCUT2D eigenvalue weighted by Crippen LogP contribution is -2.36. The van der Waals surface area contributed by atoms with Gasteiger partial charge in [0.15, 0.2) is 0 Å². The first-order chi connectivity index (χ1) is 8.99. The van der Waals surface area contributed by atoms with Crippen molar-refractivity contribution >= 4 is 23.4 Å². The Balaban J connectivity index is 2.26. The van der Waals surface area contributed by atoms with Gasteiger partial charge in [-0.15, -0.1) is 11.8 Å². The number of rotatable bonds is 3. The molecule has 0 amide bonds. The SMILES string of the molecule is Cn1c(SCc2cccc(Cl)c2)cc(=O)n(C)c1=O. The van der Waals surface area contributed by atoms with Gasteiger partial charge in [-0.3, -0.25) is 13.9 Å². The van der Waals surface area contributed by atoms with E-state index in [2.05, 4.69) is 0 Å². The van der Waals surface area contributed by atoms with Crippen molar-refractivity contribution in [3.05, 3.63) is 61.8 Å². The van der Waals surface area contributed by atoms with Crippen molar-refractivity contribution in [3.8, 4) is 0 Å². The summed E-state index contributed by atoms with van der Waals surface area (Å²) < 4.78 is 2.56. The summed E-state index contributed by atoms with van der Waals surface area (Å²) in [6.45, 7) is 0. The van der Waals surface area contributed by atoms with Gasteiger partial charge in [0, 0.05) is 30.9 Å². The fourth-order valence-corrected chi connectivity index (χ4v) is 2.80. The molecule has 4 nitrogen and oxygen atoms in total. The van der Waals surface area contributed by atoms with E-state index in [9.17, 15) is 9.59 Å². The highest BCUT2D eigenvalue weighted by molar-refractivity contribution is 7.98. The van der Waals surface area contributed by atoms with Crippen molar-refractivity contribution < 1.29 is 0 Å². The van der Waals surface area contributed by atoms with Crippen LogP contribution in [-0.2, 0) is 19.8 Å². The van der Waals surface area contributed by atoms with E-state index >= 15 is 0 Å². The second-order valence-corrected chi connectivity index (χ2v) is 5.57. The van der Waals surface area contributed by atoms with Gasteiger partial charge in [-0.1, -0.05) is 23.7 Å². The van der Waals surface area contributed by atoms with Crippen LogP contribution in [0.5, 0.6) is 0 Å². The minimum atomic E-state index is -0.318. The molecule has 0 saturated heterocycles. The molecule has 0 aliphatic carbocycles. The number of hydrogen-bond acceptors (Lipinski definition) is 3. The summed E-state index contributed by atoms with van der Waals surface area (Å²) >= 11 is 7.35. The van der Waals surface area contributed by atoms with Crippen LogP contribution in [0.4, 0.5) is 0 Å². The number of benzene rings is 1. The molecule has 1 aromatic heterocycles. The van der Waals surface area contributed by atoms with Crippen LogP contribution in [0.25, 0.3) is 0 Å². The second-order valence-electron chi connectivity index (χ2n) is 4.14. The average molecular weight is 297 g/mol. The van der Waals surface area contributed by atoms with Gasteiger partial charge >= 0.3 is 5.69 Å². The molecule has 0 aliphatic heterocycles. The third-order valence-corrected chi connectivity index (χ3v) is 4.16. The van der Waals surface area contributed by atoms with Crippen molar-refractivity contribution in [1.82, 2.24) is 9.13 Å². The molecule has 0 bridgehead atoms. The zero-order chi connectivity index (χ0) is 14.0. The molecule has 0 fully saturated rings. The molecule has 6 heteroatoms. The molecule has 1 heterocycles. The van der Waals surface area contributed by atoms with Gasteiger partial charge in [0.2, 0.25) is 0 Å². The largest absolute Gasteiger partial charge is 0.331 e. The maximum atomic E-state index is 11.8. The maximum absolute atomic E-state index is 11.8. The topological polar surface area (TPSA) is 44.0 Å².